The van der Waals surface area contributed by atoms with E-state index in [1.807, 2.05) is 13.0 Å². The van der Waals surface area contributed by atoms with Gasteiger partial charge in [-0.05, 0) is 55.7 Å². The van der Waals surface area contributed by atoms with Gasteiger partial charge in [0.15, 0.2) is 5.96 Å². The molecule has 1 unspecified atom stereocenters. The van der Waals surface area contributed by atoms with Gasteiger partial charge in [0.2, 0.25) is 0 Å². The van der Waals surface area contributed by atoms with Gasteiger partial charge in [-0.15, -0.1) is 0 Å². The van der Waals surface area contributed by atoms with Crippen molar-refractivity contribution in [1.82, 2.24) is 10.6 Å². The number of guanidine groups is 1. The summed E-state index contributed by atoms with van der Waals surface area (Å²) in [5.41, 5.74) is 2.24. The molecule has 0 saturated heterocycles. The molecule has 25 heavy (non-hydrogen) atoms. The number of nitrogens with one attached hydrogen (secondary N) is 2. The second kappa shape index (κ2) is 11.7. The number of aliphatic hydroxyl groups excluding tert-OH is 1. The Morgan fingerprint density at radius 2 is 2.04 bits per heavy atom. The number of hydrogen-bond acceptors (Lipinski definition) is 3. The molecule has 0 aliphatic heterocycles. The monoisotopic (exact) mass is 349 g/mol. The van der Waals surface area contributed by atoms with Crippen LogP contribution >= 0.6 is 0 Å². The Morgan fingerprint density at radius 3 is 2.64 bits per heavy atom. The van der Waals surface area contributed by atoms with Crippen molar-refractivity contribution in [2.75, 3.05) is 26.8 Å². The number of nitrogens with zero attached hydrogens (tertiary/aromatic N) is 1. The highest BCUT2D eigenvalue weighted by atomic mass is 16.5. The van der Waals surface area contributed by atoms with Crippen LogP contribution in [0.3, 0.4) is 0 Å². The fourth-order valence-electron chi connectivity index (χ4n) is 2.87. The van der Waals surface area contributed by atoms with Crippen LogP contribution in [0.2, 0.25) is 0 Å². The fourth-order valence-corrected chi connectivity index (χ4v) is 2.87. The minimum atomic E-state index is 0.232. The van der Waals surface area contributed by atoms with Crippen LogP contribution in [0.5, 0.6) is 5.75 Å². The summed E-state index contributed by atoms with van der Waals surface area (Å²) in [5, 5.41) is 16.0. The van der Waals surface area contributed by atoms with Gasteiger partial charge in [0.05, 0.1) is 13.7 Å². The Hall–Kier alpha value is -1.75. The van der Waals surface area contributed by atoms with Gasteiger partial charge in [-0.2, -0.15) is 0 Å². The molecule has 5 nitrogen and oxygen atoms in total. The molecule has 1 rings (SSSR count). The SMILES string of the molecule is CCNC(=NCc1ccc(C)c(OC)c1)NCC(CCO)CC(C)C. The molecule has 0 bridgehead atoms. The van der Waals surface area contributed by atoms with Crippen molar-refractivity contribution in [2.24, 2.45) is 16.8 Å². The number of aliphatic hydroxyl groups is 1. The number of methoxy groups -OCH3 is 1. The van der Waals surface area contributed by atoms with Crippen molar-refractivity contribution in [3.63, 3.8) is 0 Å². The molecular formula is C20H35N3O2. The first kappa shape index (κ1) is 21.3. The topological polar surface area (TPSA) is 65.9 Å². The number of rotatable bonds is 10. The van der Waals surface area contributed by atoms with E-state index >= 15 is 0 Å². The van der Waals surface area contributed by atoms with Gasteiger partial charge < -0.3 is 20.5 Å². The molecule has 0 radical (unpaired) electrons. The predicted molar refractivity (Wildman–Crippen MR) is 105 cm³/mol. The summed E-state index contributed by atoms with van der Waals surface area (Å²) in [6, 6.07) is 6.18. The summed E-state index contributed by atoms with van der Waals surface area (Å²) in [5.74, 6) is 2.78. The molecule has 0 fully saturated rings. The second-order valence-electron chi connectivity index (χ2n) is 6.89. The zero-order valence-corrected chi connectivity index (χ0v) is 16.4. The fraction of sp³-hybridized carbons (Fsp3) is 0.650. The zero-order chi connectivity index (χ0) is 18.7. The van der Waals surface area contributed by atoms with Crippen LogP contribution in [0.15, 0.2) is 23.2 Å². The minimum Gasteiger partial charge on any atom is -0.496 e. The maximum atomic E-state index is 9.26. The van der Waals surface area contributed by atoms with E-state index in [1.165, 1.54) is 0 Å². The van der Waals surface area contributed by atoms with Crippen molar-refractivity contribution < 1.29 is 9.84 Å². The molecule has 142 valence electrons. The Balaban J connectivity index is 2.69. The Bertz CT molecular complexity index is 530. The summed E-state index contributed by atoms with van der Waals surface area (Å²) < 4.78 is 5.38. The third kappa shape index (κ3) is 8.25. The summed E-state index contributed by atoms with van der Waals surface area (Å²) in [7, 11) is 1.69. The smallest absolute Gasteiger partial charge is 0.191 e. The summed E-state index contributed by atoms with van der Waals surface area (Å²) >= 11 is 0. The number of hydrogen-bond donors (Lipinski definition) is 3. The van der Waals surface area contributed by atoms with Crippen LogP contribution in [0.4, 0.5) is 0 Å². The molecule has 0 aliphatic rings. The third-order valence-electron chi connectivity index (χ3n) is 4.14. The average Bonchev–Trinajstić information content (AvgIpc) is 2.58. The Labute approximate surface area is 152 Å². The Morgan fingerprint density at radius 1 is 1.28 bits per heavy atom. The maximum absolute atomic E-state index is 9.26. The van der Waals surface area contributed by atoms with E-state index in [-0.39, 0.29) is 6.61 Å². The lowest BCUT2D eigenvalue weighted by Crippen LogP contribution is -2.40. The highest BCUT2D eigenvalue weighted by molar-refractivity contribution is 5.79. The van der Waals surface area contributed by atoms with Gasteiger partial charge in [-0.25, -0.2) is 4.99 Å². The van der Waals surface area contributed by atoms with Gasteiger partial charge >= 0.3 is 0 Å². The molecule has 0 aromatic heterocycles. The van der Waals surface area contributed by atoms with E-state index in [0.717, 1.165) is 48.8 Å². The van der Waals surface area contributed by atoms with Gasteiger partial charge in [-0.1, -0.05) is 26.0 Å². The van der Waals surface area contributed by atoms with Crippen molar-refractivity contribution >= 4 is 5.96 Å². The van der Waals surface area contributed by atoms with E-state index < -0.39 is 0 Å². The number of aryl methyl sites for hydroxylation is 1. The first-order chi connectivity index (χ1) is 12.0. The molecule has 1 aromatic rings. The molecule has 5 heteroatoms. The van der Waals surface area contributed by atoms with E-state index in [2.05, 4.69) is 48.5 Å². The summed E-state index contributed by atoms with van der Waals surface area (Å²) in [4.78, 5) is 4.68. The van der Waals surface area contributed by atoms with Crippen LogP contribution in [0.25, 0.3) is 0 Å². The molecule has 0 heterocycles. The number of aliphatic imine (C=N–C) groups is 1. The molecule has 3 N–H and O–H groups in total. The van der Waals surface area contributed by atoms with Crippen molar-refractivity contribution in [3.8, 4) is 5.75 Å². The maximum Gasteiger partial charge on any atom is 0.191 e. The van der Waals surface area contributed by atoms with Crippen LogP contribution < -0.4 is 15.4 Å². The van der Waals surface area contributed by atoms with Gasteiger partial charge in [0.1, 0.15) is 5.75 Å². The molecule has 0 aliphatic carbocycles. The zero-order valence-electron chi connectivity index (χ0n) is 16.4. The molecule has 0 saturated carbocycles. The predicted octanol–water partition coefficient (Wildman–Crippen LogP) is 3.10. The van der Waals surface area contributed by atoms with Gasteiger partial charge in [0, 0.05) is 19.7 Å². The summed E-state index contributed by atoms with van der Waals surface area (Å²) in [6.45, 7) is 11.0. The molecule has 0 amide bonds. The normalized spacial score (nSPS) is 13.0. The van der Waals surface area contributed by atoms with Gasteiger partial charge in [0.25, 0.3) is 0 Å². The molecule has 1 atom stereocenters. The first-order valence-corrected chi connectivity index (χ1v) is 9.26. The number of ether oxygens (including phenoxy) is 1. The standard InChI is InChI=1S/C20H35N3O2/c1-6-21-20(23-14-18(9-10-24)11-15(2)3)22-13-17-8-7-16(4)19(12-17)25-5/h7-8,12,15,18,24H,6,9-11,13-14H2,1-5H3,(H2,21,22,23). The van der Waals surface area contributed by atoms with Gasteiger partial charge in [-0.3, -0.25) is 0 Å². The largest absolute Gasteiger partial charge is 0.496 e. The van der Waals surface area contributed by atoms with Crippen molar-refractivity contribution in [1.29, 1.82) is 0 Å². The molecule has 1 aromatic carbocycles. The Kier molecular flexibility index (Phi) is 10.0. The van der Waals surface area contributed by atoms with E-state index in [4.69, 9.17) is 4.74 Å². The third-order valence-corrected chi connectivity index (χ3v) is 4.14. The molecule has 0 spiro atoms. The minimum absolute atomic E-state index is 0.232. The lowest BCUT2D eigenvalue weighted by Gasteiger charge is -2.20. The average molecular weight is 350 g/mol. The van der Waals surface area contributed by atoms with Crippen LogP contribution in [-0.4, -0.2) is 37.9 Å². The van der Waals surface area contributed by atoms with Crippen LogP contribution in [0.1, 0.15) is 44.7 Å². The summed E-state index contributed by atoms with van der Waals surface area (Å²) in [6.07, 6.45) is 1.92. The van der Waals surface area contributed by atoms with Crippen LogP contribution in [0, 0.1) is 18.8 Å². The van der Waals surface area contributed by atoms with Crippen molar-refractivity contribution in [3.05, 3.63) is 29.3 Å². The van der Waals surface area contributed by atoms with E-state index in [0.29, 0.717) is 18.4 Å². The van der Waals surface area contributed by atoms with Crippen LogP contribution in [-0.2, 0) is 6.54 Å². The second-order valence-corrected chi connectivity index (χ2v) is 6.89. The lowest BCUT2D eigenvalue weighted by atomic mass is 9.94. The quantitative estimate of drug-likeness (QED) is 0.448. The highest BCUT2D eigenvalue weighted by Crippen LogP contribution is 2.19. The first-order valence-electron chi connectivity index (χ1n) is 9.26. The van der Waals surface area contributed by atoms with E-state index in [9.17, 15) is 5.11 Å². The molecular weight excluding hydrogens is 314 g/mol. The lowest BCUT2D eigenvalue weighted by molar-refractivity contribution is 0.243. The van der Waals surface area contributed by atoms with E-state index in [1.54, 1.807) is 7.11 Å². The van der Waals surface area contributed by atoms with Crippen molar-refractivity contribution in [2.45, 2.75) is 47.1 Å². The number of benzene rings is 1. The highest BCUT2D eigenvalue weighted by Gasteiger charge is 2.11.